The highest BCUT2D eigenvalue weighted by molar-refractivity contribution is 5.96. The van der Waals surface area contributed by atoms with Crippen molar-refractivity contribution < 1.29 is 14.3 Å². The molecule has 0 unspecified atom stereocenters. The number of rotatable bonds is 5. The maximum atomic E-state index is 12.6. The van der Waals surface area contributed by atoms with E-state index < -0.39 is 0 Å². The van der Waals surface area contributed by atoms with Crippen molar-refractivity contribution in [2.24, 2.45) is 0 Å². The van der Waals surface area contributed by atoms with Gasteiger partial charge in [-0.1, -0.05) is 6.07 Å². The van der Waals surface area contributed by atoms with E-state index in [9.17, 15) is 4.79 Å². The molecule has 1 amide bonds. The lowest BCUT2D eigenvalue weighted by Crippen LogP contribution is -2.27. The van der Waals surface area contributed by atoms with E-state index in [0.717, 1.165) is 11.1 Å². The SMILES string of the molecule is COc1ccc(CN(C)C(=O)c2cc(N)ccc2C)c(OC)c1. The third kappa shape index (κ3) is 3.74. The van der Waals surface area contributed by atoms with Gasteiger partial charge in [0.15, 0.2) is 0 Å². The standard InChI is InChI=1S/C18H22N2O3/c1-12-5-7-14(19)9-16(12)18(21)20(2)11-13-6-8-15(22-3)10-17(13)23-4/h5-10H,11,19H2,1-4H3. The first-order chi connectivity index (χ1) is 11.0. The molecule has 2 N–H and O–H groups in total. The number of anilines is 1. The van der Waals surface area contributed by atoms with Crippen LogP contribution in [0.25, 0.3) is 0 Å². The van der Waals surface area contributed by atoms with E-state index >= 15 is 0 Å². The summed E-state index contributed by atoms with van der Waals surface area (Å²) in [6, 6.07) is 10.9. The smallest absolute Gasteiger partial charge is 0.254 e. The fraction of sp³-hybridized carbons (Fsp3) is 0.278. The summed E-state index contributed by atoms with van der Waals surface area (Å²) in [7, 11) is 4.96. The molecule has 5 nitrogen and oxygen atoms in total. The second-order valence-electron chi connectivity index (χ2n) is 5.41. The molecule has 0 atom stereocenters. The maximum absolute atomic E-state index is 12.6. The van der Waals surface area contributed by atoms with Crippen LogP contribution in [0.2, 0.25) is 0 Å². The van der Waals surface area contributed by atoms with Crippen LogP contribution in [0.4, 0.5) is 5.69 Å². The van der Waals surface area contributed by atoms with E-state index in [1.807, 2.05) is 25.1 Å². The van der Waals surface area contributed by atoms with Crippen molar-refractivity contribution in [3.05, 3.63) is 53.1 Å². The van der Waals surface area contributed by atoms with Crippen LogP contribution in [-0.4, -0.2) is 32.1 Å². The molecule has 0 radical (unpaired) electrons. The number of carbonyl (C=O) groups is 1. The van der Waals surface area contributed by atoms with E-state index in [1.165, 1.54) is 0 Å². The van der Waals surface area contributed by atoms with Gasteiger partial charge in [-0.2, -0.15) is 0 Å². The Hall–Kier alpha value is -2.69. The van der Waals surface area contributed by atoms with Crippen molar-refractivity contribution >= 4 is 11.6 Å². The molecule has 122 valence electrons. The summed E-state index contributed by atoms with van der Waals surface area (Å²) in [6.07, 6.45) is 0. The van der Waals surface area contributed by atoms with Crippen LogP contribution < -0.4 is 15.2 Å². The van der Waals surface area contributed by atoms with E-state index in [0.29, 0.717) is 29.3 Å². The molecule has 23 heavy (non-hydrogen) atoms. The monoisotopic (exact) mass is 314 g/mol. The van der Waals surface area contributed by atoms with Crippen molar-refractivity contribution in [2.45, 2.75) is 13.5 Å². The number of hydrogen-bond donors (Lipinski definition) is 1. The number of benzene rings is 2. The zero-order valence-electron chi connectivity index (χ0n) is 13.9. The van der Waals surface area contributed by atoms with Gasteiger partial charge in [0, 0.05) is 36.5 Å². The average Bonchev–Trinajstić information content (AvgIpc) is 2.56. The molecular formula is C18H22N2O3. The Bertz CT molecular complexity index is 713. The van der Waals surface area contributed by atoms with E-state index in [4.69, 9.17) is 15.2 Å². The third-order valence-corrected chi connectivity index (χ3v) is 3.74. The number of aryl methyl sites for hydroxylation is 1. The second-order valence-corrected chi connectivity index (χ2v) is 5.41. The number of ether oxygens (including phenoxy) is 2. The molecule has 2 aromatic carbocycles. The lowest BCUT2D eigenvalue weighted by Gasteiger charge is -2.20. The Morgan fingerprint density at radius 1 is 1.13 bits per heavy atom. The quantitative estimate of drug-likeness (QED) is 0.862. The normalized spacial score (nSPS) is 10.3. The van der Waals surface area contributed by atoms with Crippen LogP contribution in [0, 0.1) is 6.92 Å². The molecule has 0 bridgehead atoms. The first-order valence-electron chi connectivity index (χ1n) is 7.28. The number of methoxy groups -OCH3 is 2. The average molecular weight is 314 g/mol. The van der Waals surface area contributed by atoms with Crippen molar-refractivity contribution in [3.8, 4) is 11.5 Å². The van der Waals surface area contributed by atoms with Crippen LogP contribution in [0.3, 0.4) is 0 Å². The zero-order chi connectivity index (χ0) is 17.0. The summed E-state index contributed by atoms with van der Waals surface area (Å²) in [4.78, 5) is 14.3. The molecule has 0 saturated carbocycles. The summed E-state index contributed by atoms with van der Waals surface area (Å²) in [5.41, 5.74) is 8.79. The number of nitrogen functional groups attached to an aromatic ring is 1. The molecule has 0 fully saturated rings. The Morgan fingerprint density at radius 2 is 1.87 bits per heavy atom. The van der Waals surface area contributed by atoms with Crippen LogP contribution in [0.5, 0.6) is 11.5 Å². The van der Waals surface area contributed by atoms with E-state index in [2.05, 4.69) is 0 Å². The Balaban J connectivity index is 2.23. The molecule has 0 aromatic heterocycles. The first-order valence-corrected chi connectivity index (χ1v) is 7.28. The molecule has 0 heterocycles. The van der Waals surface area contributed by atoms with E-state index in [1.54, 1.807) is 44.4 Å². The van der Waals surface area contributed by atoms with Crippen LogP contribution in [0.15, 0.2) is 36.4 Å². The number of nitrogens with two attached hydrogens (primary N) is 1. The number of nitrogens with zero attached hydrogens (tertiary/aromatic N) is 1. The summed E-state index contributed by atoms with van der Waals surface area (Å²) in [6.45, 7) is 2.33. The van der Waals surface area contributed by atoms with Gasteiger partial charge in [0.2, 0.25) is 0 Å². The molecule has 5 heteroatoms. The Labute approximate surface area is 136 Å². The van der Waals surface area contributed by atoms with Crippen LogP contribution in [0.1, 0.15) is 21.5 Å². The first kappa shape index (κ1) is 16.7. The van der Waals surface area contributed by atoms with Gasteiger partial charge in [0.05, 0.1) is 14.2 Å². The van der Waals surface area contributed by atoms with Crippen molar-refractivity contribution in [1.29, 1.82) is 0 Å². The predicted octanol–water partition coefficient (Wildman–Crippen LogP) is 2.87. The van der Waals surface area contributed by atoms with Crippen molar-refractivity contribution in [3.63, 3.8) is 0 Å². The van der Waals surface area contributed by atoms with Gasteiger partial charge in [-0.25, -0.2) is 0 Å². The molecule has 0 spiro atoms. The summed E-state index contributed by atoms with van der Waals surface area (Å²) in [5, 5.41) is 0. The molecule has 0 aliphatic carbocycles. The molecule has 0 saturated heterocycles. The minimum Gasteiger partial charge on any atom is -0.497 e. The maximum Gasteiger partial charge on any atom is 0.254 e. The summed E-state index contributed by atoms with van der Waals surface area (Å²) in [5.74, 6) is 1.33. The fourth-order valence-corrected chi connectivity index (χ4v) is 2.39. The highest BCUT2D eigenvalue weighted by Gasteiger charge is 2.16. The predicted molar refractivity (Wildman–Crippen MR) is 90.9 cm³/mol. The Kier molecular flexibility index (Phi) is 5.11. The van der Waals surface area contributed by atoms with Gasteiger partial charge in [-0.15, -0.1) is 0 Å². The molecule has 0 aliphatic heterocycles. The summed E-state index contributed by atoms with van der Waals surface area (Å²) >= 11 is 0. The van der Waals surface area contributed by atoms with Crippen LogP contribution >= 0.6 is 0 Å². The highest BCUT2D eigenvalue weighted by atomic mass is 16.5. The van der Waals surface area contributed by atoms with Gasteiger partial charge in [-0.3, -0.25) is 4.79 Å². The van der Waals surface area contributed by atoms with Crippen LogP contribution in [-0.2, 0) is 6.54 Å². The lowest BCUT2D eigenvalue weighted by atomic mass is 10.1. The third-order valence-electron chi connectivity index (χ3n) is 3.74. The number of carbonyl (C=O) groups excluding carboxylic acids is 1. The molecule has 2 aromatic rings. The molecule has 0 aliphatic rings. The fourth-order valence-electron chi connectivity index (χ4n) is 2.39. The minimum absolute atomic E-state index is 0.0762. The van der Waals surface area contributed by atoms with Crippen molar-refractivity contribution in [2.75, 3.05) is 27.0 Å². The van der Waals surface area contributed by atoms with Gasteiger partial charge in [0.1, 0.15) is 11.5 Å². The van der Waals surface area contributed by atoms with E-state index in [-0.39, 0.29) is 5.91 Å². The minimum atomic E-state index is -0.0762. The van der Waals surface area contributed by atoms with Gasteiger partial charge < -0.3 is 20.1 Å². The van der Waals surface area contributed by atoms with Crippen molar-refractivity contribution in [1.82, 2.24) is 4.90 Å². The van der Waals surface area contributed by atoms with Gasteiger partial charge >= 0.3 is 0 Å². The zero-order valence-corrected chi connectivity index (χ0v) is 13.9. The highest BCUT2D eigenvalue weighted by Crippen LogP contribution is 2.26. The molecular weight excluding hydrogens is 292 g/mol. The number of hydrogen-bond acceptors (Lipinski definition) is 4. The lowest BCUT2D eigenvalue weighted by molar-refractivity contribution is 0.0783. The summed E-state index contributed by atoms with van der Waals surface area (Å²) < 4.78 is 10.6. The molecule has 2 rings (SSSR count). The van der Waals surface area contributed by atoms with Gasteiger partial charge in [0.25, 0.3) is 5.91 Å². The Morgan fingerprint density at radius 3 is 2.52 bits per heavy atom. The van der Waals surface area contributed by atoms with Gasteiger partial charge in [-0.05, 0) is 36.8 Å². The second kappa shape index (κ2) is 7.05. The topological polar surface area (TPSA) is 64.8 Å². The number of amides is 1. The largest absolute Gasteiger partial charge is 0.497 e.